The van der Waals surface area contributed by atoms with Gasteiger partial charge >= 0.3 is 5.63 Å². The summed E-state index contributed by atoms with van der Waals surface area (Å²) < 4.78 is 24.4. The van der Waals surface area contributed by atoms with Crippen molar-refractivity contribution in [1.29, 1.82) is 0 Å². The van der Waals surface area contributed by atoms with Gasteiger partial charge in [0.25, 0.3) is 18.6 Å². The van der Waals surface area contributed by atoms with Crippen LogP contribution < -0.4 is 10.3 Å². The number of nitrogens with one attached hydrogen (secondary N) is 1. The number of halogens is 1. The molecule has 0 spiro atoms. The molecule has 7 nitrogen and oxygen atoms in total. The van der Waals surface area contributed by atoms with Gasteiger partial charge in [0.15, 0.2) is 0 Å². The summed E-state index contributed by atoms with van der Waals surface area (Å²) in [6.45, 7) is 1.42. The predicted molar refractivity (Wildman–Crippen MR) is 75.9 cm³/mol. The lowest BCUT2D eigenvalue weighted by atomic mass is 10.1. The molecule has 0 unspecified atom stereocenters. The molecule has 1 fully saturated rings. The highest BCUT2D eigenvalue weighted by atomic mass is 19.1. The molecule has 1 aliphatic rings. The zero-order valence-electron chi connectivity index (χ0n) is 12.4. The Labute approximate surface area is 131 Å². The average Bonchev–Trinajstić information content (AvgIpc) is 2.95. The van der Waals surface area contributed by atoms with Crippen molar-refractivity contribution in [1.82, 2.24) is 10.2 Å². The third-order valence-electron chi connectivity index (χ3n) is 3.70. The molecule has 0 aliphatic carbocycles. The topological polar surface area (TPSA) is 79.4 Å². The van der Waals surface area contributed by atoms with E-state index < -0.39 is 5.63 Å². The molecule has 2 heterocycles. The van der Waals surface area contributed by atoms with Gasteiger partial charge in [0, 0.05) is 19.5 Å². The van der Waals surface area contributed by atoms with Gasteiger partial charge in [0.05, 0.1) is 12.7 Å². The Bertz CT molecular complexity index is 725. The van der Waals surface area contributed by atoms with Gasteiger partial charge < -0.3 is 9.64 Å². The number of benzene rings is 1. The van der Waals surface area contributed by atoms with E-state index in [0.29, 0.717) is 26.1 Å². The Morgan fingerprint density at radius 1 is 1.39 bits per heavy atom. The minimum Gasteiger partial charge on any atom is -0.374 e. The summed E-state index contributed by atoms with van der Waals surface area (Å²) in [5.74, 6) is -0.402. The number of aromatic amines is 1. The Balaban J connectivity index is 1.58. The average molecular weight is 322 g/mol. The predicted octanol–water partition coefficient (Wildman–Crippen LogP) is -0.135. The molecule has 8 heteroatoms. The summed E-state index contributed by atoms with van der Waals surface area (Å²) in [5, 5.41) is 2.35. The summed E-state index contributed by atoms with van der Waals surface area (Å²) in [7, 11) is 0. The SMILES string of the molecule is O=C(C[n+]1cc(=O)o[nH]1)N1CCO[C@@H](Cc2ccc(F)cc2)C1. The number of carbonyl (C=O) groups excluding carboxylic acids is 1. The van der Waals surface area contributed by atoms with Crippen molar-refractivity contribution >= 4 is 5.91 Å². The zero-order valence-corrected chi connectivity index (χ0v) is 12.4. The van der Waals surface area contributed by atoms with Crippen LogP contribution in [0.15, 0.2) is 39.8 Å². The highest BCUT2D eigenvalue weighted by Crippen LogP contribution is 2.12. The number of nitrogens with zero attached hydrogens (tertiary/aromatic N) is 2. The first-order valence-corrected chi connectivity index (χ1v) is 7.32. The van der Waals surface area contributed by atoms with E-state index in [-0.39, 0.29) is 24.4 Å². The number of carbonyl (C=O) groups is 1. The molecular formula is C15H17FN3O4+. The third-order valence-corrected chi connectivity index (χ3v) is 3.70. The van der Waals surface area contributed by atoms with Crippen LogP contribution in [-0.4, -0.2) is 41.9 Å². The van der Waals surface area contributed by atoms with Crippen LogP contribution in [0, 0.1) is 5.82 Å². The second-order valence-corrected chi connectivity index (χ2v) is 5.43. The van der Waals surface area contributed by atoms with Crippen molar-refractivity contribution in [2.24, 2.45) is 0 Å². The first kappa shape index (κ1) is 15.4. The zero-order chi connectivity index (χ0) is 16.2. The summed E-state index contributed by atoms with van der Waals surface area (Å²) in [4.78, 5) is 24.9. The fourth-order valence-electron chi connectivity index (χ4n) is 2.56. The molecule has 0 radical (unpaired) electrons. The highest BCUT2D eigenvalue weighted by Gasteiger charge is 2.27. The number of aromatic nitrogens is 2. The molecule has 23 heavy (non-hydrogen) atoms. The van der Waals surface area contributed by atoms with E-state index in [1.54, 1.807) is 17.0 Å². The Morgan fingerprint density at radius 3 is 2.87 bits per heavy atom. The normalized spacial score (nSPS) is 18.1. The van der Waals surface area contributed by atoms with Gasteiger partial charge in [-0.1, -0.05) is 16.8 Å². The number of amides is 1. The minimum absolute atomic E-state index is 0.00894. The molecule has 0 bridgehead atoms. The van der Waals surface area contributed by atoms with E-state index >= 15 is 0 Å². The van der Waals surface area contributed by atoms with Gasteiger partial charge in [-0.3, -0.25) is 9.32 Å². The number of ether oxygens (including phenoxy) is 1. The molecule has 122 valence electrons. The molecule has 1 saturated heterocycles. The van der Waals surface area contributed by atoms with Crippen LogP contribution in [0.4, 0.5) is 4.39 Å². The van der Waals surface area contributed by atoms with Crippen molar-refractivity contribution < 1.29 is 23.1 Å². The van der Waals surface area contributed by atoms with Crippen LogP contribution in [0.5, 0.6) is 0 Å². The smallest absolute Gasteiger partial charge is 0.374 e. The summed E-state index contributed by atoms with van der Waals surface area (Å²) in [5.41, 5.74) is 0.424. The first-order chi connectivity index (χ1) is 11.1. The van der Waals surface area contributed by atoms with Crippen molar-refractivity contribution in [3.63, 3.8) is 0 Å². The van der Waals surface area contributed by atoms with Gasteiger partial charge in [-0.25, -0.2) is 9.18 Å². The molecule has 1 amide bonds. The molecule has 2 aromatic rings. The molecule has 1 atom stereocenters. The lowest BCUT2D eigenvalue weighted by molar-refractivity contribution is -0.751. The summed E-state index contributed by atoms with van der Waals surface area (Å²) >= 11 is 0. The van der Waals surface area contributed by atoms with E-state index in [2.05, 4.69) is 9.79 Å². The molecule has 1 aromatic carbocycles. The standard InChI is InChI=1S/C15H16FN3O4/c16-12-3-1-11(2-4-12)7-13-8-18(5-6-22-13)14(20)9-19-10-15(21)23-17-19/h1-4,10,13H,5-9H2/p+1/t13-/m0/s1. The van der Waals surface area contributed by atoms with Gasteiger partial charge in [0.2, 0.25) is 0 Å². The fourth-order valence-corrected chi connectivity index (χ4v) is 2.56. The number of rotatable bonds is 4. The Hall–Kier alpha value is -2.48. The number of H-pyrrole nitrogens is 1. The van der Waals surface area contributed by atoms with Crippen molar-refractivity contribution in [2.75, 3.05) is 19.7 Å². The fraction of sp³-hybridized carbons (Fsp3) is 0.400. The molecule has 1 aliphatic heterocycles. The van der Waals surface area contributed by atoms with Crippen LogP contribution in [0.25, 0.3) is 0 Å². The van der Waals surface area contributed by atoms with Crippen LogP contribution in [-0.2, 0) is 22.5 Å². The number of hydrogen-bond donors (Lipinski definition) is 1. The first-order valence-electron chi connectivity index (χ1n) is 7.32. The van der Waals surface area contributed by atoms with Crippen molar-refractivity contribution in [3.05, 3.63) is 52.3 Å². The molecule has 0 saturated carbocycles. The lowest BCUT2D eigenvalue weighted by Crippen LogP contribution is -2.51. The quantitative estimate of drug-likeness (QED) is 0.795. The molecule has 1 N–H and O–H groups in total. The van der Waals surface area contributed by atoms with E-state index in [9.17, 15) is 14.0 Å². The monoisotopic (exact) mass is 322 g/mol. The maximum absolute atomic E-state index is 12.9. The molecule has 3 rings (SSSR count). The Kier molecular flexibility index (Phi) is 4.52. The summed E-state index contributed by atoms with van der Waals surface area (Å²) in [6, 6.07) is 6.25. The largest absolute Gasteiger partial charge is 0.426 e. The van der Waals surface area contributed by atoms with Crippen molar-refractivity contribution in [3.8, 4) is 0 Å². The number of morpholine rings is 1. The lowest BCUT2D eigenvalue weighted by Gasteiger charge is -2.32. The maximum atomic E-state index is 12.9. The van der Waals surface area contributed by atoms with E-state index in [0.717, 1.165) is 5.56 Å². The van der Waals surface area contributed by atoms with Crippen LogP contribution >= 0.6 is 0 Å². The third kappa shape index (κ3) is 4.04. The van der Waals surface area contributed by atoms with E-state index in [1.807, 2.05) is 0 Å². The maximum Gasteiger partial charge on any atom is 0.426 e. The van der Waals surface area contributed by atoms with E-state index in [1.165, 1.54) is 23.0 Å². The second-order valence-electron chi connectivity index (χ2n) is 5.43. The van der Waals surface area contributed by atoms with Gasteiger partial charge in [-0.2, -0.15) is 0 Å². The van der Waals surface area contributed by atoms with Gasteiger partial charge in [-0.15, -0.1) is 0 Å². The highest BCUT2D eigenvalue weighted by molar-refractivity contribution is 5.74. The van der Waals surface area contributed by atoms with Gasteiger partial charge in [-0.05, 0) is 23.0 Å². The summed E-state index contributed by atoms with van der Waals surface area (Å²) in [6.07, 6.45) is 1.67. The van der Waals surface area contributed by atoms with E-state index in [4.69, 9.17) is 4.74 Å². The molecule has 1 aromatic heterocycles. The molecular weight excluding hydrogens is 305 g/mol. The minimum atomic E-state index is -0.533. The van der Waals surface area contributed by atoms with Crippen LogP contribution in [0.1, 0.15) is 5.56 Å². The Morgan fingerprint density at radius 2 is 2.17 bits per heavy atom. The van der Waals surface area contributed by atoms with Crippen molar-refractivity contribution in [2.45, 2.75) is 19.1 Å². The van der Waals surface area contributed by atoms with Gasteiger partial charge in [0.1, 0.15) is 5.82 Å². The van der Waals surface area contributed by atoms with Crippen LogP contribution in [0.3, 0.4) is 0 Å². The second kappa shape index (κ2) is 6.74. The van der Waals surface area contributed by atoms with Crippen LogP contribution in [0.2, 0.25) is 0 Å². The number of hydrogen-bond acceptors (Lipinski definition) is 4.